The van der Waals surface area contributed by atoms with Gasteiger partial charge in [0.25, 0.3) is 0 Å². The van der Waals surface area contributed by atoms with Gasteiger partial charge in [-0.3, -0.25) is 4.79 Å². The third-order valence-corrected chi connectivity index (χ3v) is 2.23. The highest BCUT2D eigenvalue weighted by Crippen LogP contribution is 2.23. The van der Waals surface area contributed by atoms with Crippen LogP contribution >= 0.6 is 0 Å². The fourth-order valence-corrected chi connectivity index (χ4v) is 1.57. The zero-order valence-corrected chi connectivity index (χ0v) is 8.22. The molecule has 0 aromatic rings. The third-order valence-electron chi connectivity index (χ3n) is 2.23. The normalized spacial score (nSPS) is 18.5. The van der Waals surface area contributed by atoms with Gasteiger partial charge in [0.05, 0.1) is 12.7 Å². The van der Waals surface area contributed by atoms with E-state index in [1.54, 1.807) is 12.5 Å². The Labute approximate surface area is 88.0 Å². The van der Waals surface area contributed by atoms with E-state index >= 15 is 0 Å². The first-order chi connectivity index (χ1) is 7.27. The van der Waals surface area contributed by atoms with Gasteiger partial charge in [0.1, 0.15) is 6.26 Å². The van der Waals surface area contributed by atoms with Crippen molar-refractivity contribution in [2.45, 2.75) is 6.42 Å². The first-order valence-corrected chi connectivity index (χ1v) is 4.70. The molecule has 2 aliphatic heterocycles. The predicted molar refractivity (Wildman–Crippen MR) is 56.0 cm³/mol. The Kier molecular flexibility index (Phi) is 2.58. The van der Waals surface area contributed by atoms with Gasteiger partial charge in [-0.05, 0) is 6.08 Å². The van der Waals surface area contributed by atoms with E-state index in [2.05, 4.69) is 0 Å². The molecular formula is C11H12N2O2. The summed E-state index contributed by atoms with van der Waals surface area (Å²) < 4.78 is 5.14. The van der Waals surface area contributed by atoms with Crippen molar-refractivity contribution >= 4 is 5.91 Å². The fourth-order valence-electron chi connectivity index (χ4n) is 1.57. The molecule has 1 amide bonds. The molecule has 15 heavy (non-hydrogen) atoms. The number of nitrogens with two attached hydrogens (primary N) is 1. The van der Waals surface area contributed by atoms with Crippen molar-refractivity contribution in [3.05, 3.63) is 48.2 Å². The SMILES string of the molecule is NC(=O)CC1=COC=CN2CC=CC=C12. The summed E-state index contributed by atoms with van der Waals surface area (Å²) in [5.41, 5.74) is 6.94. The highest BCUT2D eigenvalue weighted by Gasteiger charge is 2.17. The second kappa shape index (κ2) is 4.04. The Morgan fingerprint density at radius 1 is 1.60 bits per heavy atom. The molecule has 4 nitrogen and oxygen atoms in total. The number of amides is 1. The second-order valence-electron chi connectivity index (χ2n) is 3.34. The molecule has 0 aliphatic carbocycles. The molecule has 0 spiro atoms. The smallest absolute Gasteiger partial charge is 0.222 e. The summed E-state index contributed by atoms with van der Waals surface area (Å²) in [7, 11) is 0. The summed E-state index contributed by atoms with van der Waals surface area (Å²) in [6, 6.07) is 0. The largest absolute Gasteiger partial charge is 0.471 e. The van der Waals surface area contributed by atoms with Crippen LogP contribution in [0.1, 0.15) is 6.42 Å². The van der Waals surface area contributed by atoms with E-state index in [9.17, 15) is 4.79 Å². The molecule has 0 saturated carbocycles. The molecule has 0 fully saturated rings. The van der Waals surface area contributed by atoms with Gasteiger partial charge in [0.2, 0.25) is 5.91 Å². The van der Waals surface area contributed by atoms with Crippen LogP contribution in [0.2, 0.25) is 0 Å². The molecule has 0 aromatic carbocycles. The Morgan fingerprint density at radius 3 is 3.27 bits per heavy atom. The van der Waals surface area contributed by atoms with Crippen LogP contribution in [0.15, 0.2) is 48.2 Å². The van der Waals surface area contributed by atoms with Crippen LogP contribution in [-0.4, -0.2) is 17.4 Å². The monoisotopic (exact) mass is 204 g/mol. The molecule has 0 saturated heterocycles. The number of carbonyl (C=O) groups excluding carboxylic acids is 1. The van der Waals surface area contributed by atoms with Crippen LogP contribution < -0.4 is 5.73 Å². The fraction of sp³-hybridized carbons (Fsp3) is 0.182. The number of carbonyl (C=O) groups is 1. The van der Waals surface area contributed by atoms with Crippen LogP contribution in [-0.2, 0) is 9.53 Å². The lowest BCUT2D eigenvalue weighted by atomic mass is 10.1. The minimum Gasteiger partial charge on any atom is -0.471 e. The Morgan fingerprint density at radius 2 is 2.47 bits per heavy atom. The van der Waals surface area contributed by atoms with Gasteiger partial charge in [0, 0.05) is 24.0 Å². The molecule has 0 unspecified atom stereocenters. The second-order valence-corrected chi connectivity index (χ2v) is 3.34. The lowest BCUT2D eigenvalue weighted by molar-refractivity contribution is -0.117. The lowest BCUT2D eigenvalue weighted by Crippen LogP contribution is -2.22. The maximum Gasteiger partial charge on any atom is 0.222 e. The minimum absolute atomic E-state index is 0.192. The first kappa shape index (κ1) is 9.58. The number of ether oxygens (including phenoxy) is 1. The van der Waals surface area contributed by atoms with Crippen molar-refractivity contribution in [2.24, 2.45) is 5.73 Å². The number of hydrogen-bond acceptors (Lipinski definition) is 3. The predicted octanol–water partition coefficient (Wildman–Crippen LogP) is 1.00. The number of primary amides is 1. The summed E-state index contributed by atoms with van der Waals surface area (Å²) >= 11 is 0. The molecule has 2 aliphatic rings. The third kappa shape index (κ3) is 2.10. The van der Waals surface area contributed by atoms with E-state index in [1.165, 1.54) is 0 Å². The first-order valence-electron chi connectivity index (χ1n) is 4.70. The van der Waals surface area contributed by atoms with Crippen LogP contribution in [0.3, 0.4) is 0 Å². The van der Waals surface area contributed by atoms with Crippen molar-refractivity contribution in [2.75, 3.05) is 6.54 Å². The average molecular weight is 204 g/mol. The van der Waals surface area contributed by atoms with Crippen LogP contribution in [0.25, 0.3) is 0 Å². The highest BCUT2D eigenvalue weighted by molar-refractivity contribution is 5.77. The van der Waals surface area contributed by atoms with Crippen molar-refractivity contribution < 1.29 is 9.53 Å². The number of allylic oxidation sites excluding steroid dienone is 3. The number of nitrogens with zero attached hydrogens (tertiary/aromatic N) is 1. The zero-order chi connectivity index (χ0) is 10.7. The lowest BCUT2D eigenvalue weighted by Gasteiger charge is -2.23. The van der Waals surface area contributed by atoms with Crippen molar-refractivity contribution in [1.29, 1.82) is 0 Å². The Hall–Kier alpha value is -1.97. The number of fused-ring (bicyclic) bond motifs is 1. The van der Waals surface area contributed by atoms with Gasteiger partial charge < -0.3 is 15.4 Å². The summed E-state index contributed by atoms with van der Waals surface area (Å²) in [6.07, 6.45) is 11.1. The van der Waals surface area contributed by atoms with Gasteiger partial charge in [-0.15, -0.1) is 0 Å². The molecule has 0 bridgehead atoms. The number of rotatable bonds is 2. The summed E-state index contributed by atoms with van der Waals surface area (Å²) in [5.74, 6) is -0.359. The maximum atomic E-state index is 10.9. The van der Waals surface area contributed by atoms with E-state index < -0.39 is 0 Å². The molecule has 2 heterocycles. The van der Waals surface area contributed by atoms with Gasteiger partial charge in [-0.1, -0.05) is 12.2 Å². The zero-order valence-electron chi connectivity index (χ0n) is 8.22. The minimum atomic E-state index is -0.359. The van der Waals surface area contributed by atoms with E-state index in [4.69, 9.17) is 10.5 Å². The molecule has 0 radical (unpaired) electrons. The summed E-state index contributed by atoms with van der Waals surface area (Å²) in [5, 5.41) is 0. The van der Waals surface area contributed by atoms with E-state index in [-0.39, 0.29) is 12.3 Å². The summed E-state index contributed by atoms with van der Waals surface area (Å²) in [6.45, 7) is 0.780. The van der Waals surface area contributed by atoms with E-state index in [0.717, 1.165) is 17.8 Å². The van der Waals surface area contributed by atoms with Crippen LogP contribution in [0.5, 0.6) is 0 Å². The van der Waals surface area contributed by atoms with Gasteiger partial charge >= 0.3 is 0 Å². The Bertz CT molecular complexity index is 391. The highest BCUT2D eigenvalue weighted by atomic mass is 16.5. The standard InChI is InChI=1S/C11H12N2O2/c12-11(14)7-9-8-15-6-5-13-4-2-1-3-10(9)13/h1-3,5-6,8H,4,7H2,(H2,12,14). The van der Waals surface area contributed by atoms with Crippen LogP contribution in [0.4, 0.5) is 0 Å². The average Bonchev–Trinajstić information content (AvgIpc) is 2.41. The quantitative estimate of drug-likeness (QED) is 0.730. The van der Waals surface area contributed by atoms with E-state index in [0.29, 0.717) is 0 Å². The van der Waals surface area contributed by atoms with Gasteiger partial charge in [-0.25, -0.2) is 0 Å². The van der Waals surface area contributed by atoms with Crippen LogP contribution in [0, 0.1) is 0 Å². The molecule has 0 aromatic heterocycles. The number of hydrogen-bond donors (Lipinski definition) is 1. The van der Waals surface area contributed by atoms with Gasteiger partial charge in [-0.2, -0.15) is 0 Å². The molecule has 78 valence electrons. The maximum absolute atomic E-state index is 10.9. The molecule has 2 rings (SSSR count). The molecule has 0 atom stereocenters. The topological polar surface area (TPSA) is 55.6 Å². The van der Waals surface area contributed by atoms with Gasteiger partial charge in [0.15, 0.2) is 0 Å². The van der Waals surface area contributed by atoms with Crippen molar-refractivity contribution in [1.82, 2.24) is 4.90 Å². The molecular weight excluding hydrogens is 192 g/mol. The summed E-state index contributed by atoms with van der Waals surface area (Å²) in [4.78, 5) is 12.9. The van der Waals surface area contributed by atoms with E-state index in [1.807, 2.05) is 29.3 Å². The molecule has 2 N–H and O–H groups in total. The van der Waals surface area contributed by atoms with Crippen molar-refractivity contribution in [3.8, 4) is 0 Å². The molecule has 4 heteroatoms. The Balaban J connectivity index is 2.28. The van der Waals surface area contributed by atoms with Crippen molar-refractivity contribution in [3.63, 3.8) is 0 Å².